The highest BCUT2D eigenvalue weighted by molar-refractivity contribution is 7.09. The smallest absolute Gasteiger partial charge is 0.306 e. The molecule has 1 heterocycles. The Labute approximate surface area is 159 Å². The van der Waals surface area contributed by atoms with Gasteiger partial charge >= 0.3 is 5.97 Å². The number of Topliss-reactive ketones (excluding diaryl/α,β-unsaturated/α-hetero) is 1. The largest absolute Gasteiger partial charge is 0.455 e. The Kier molecular flexibility index (Phi) is 7.63. The zero-order valence-corrected chi connectivity index (χ0v) is 15.5. The molecule has 0 unspecified atom stereocenters. The van der Waals surface area contributed by atoms with Gasteiger partial charge in [-0.25, -0.2) is 4.98 Å². The minimum Gasteiger partial charge on any atom is -0.455 e. The van der Waals surface area contributed by atoms with E-state index in [0.29, 0.717) is 10.6 Å². The molecule has 9 heteroatoms. The predicted molar refractivity (Wildman–Crippen MR) is 97.8 cm³/mol. The van der Waals surface area contributed by atoms with Crippen LogP contribution >= 0.6 is 11.3 Å². The first-order valence-electron chi connectivity index (χ1n) is 8.16. The van der Waals surface area contributed by atoms with Gasteiger partial charge in [0.05, 0.1) is 12.8 Å². The summed E-state index contributed by atoms with van der Waals surface area (Å²) >= 11 is 1.35. The molecule has 0 aliphatic heterocycles. The fourth-order valence-corrected chi connectivity index (χ4v) is 2.81. The van der Waals surface area contributed by atoms with Crippen molar-refractivity contribution in [2.75, 3.05) is 6.61 Å². The van der Waals surface area contributed by atoms with Crippen molar-refractivity contribution in [3.8, 4) is 0 Å². The number of carbonyl (C=O) groups excluding carboxylic acids is 4. The third-order valence-electron chi connectivity index (χ3n) is 3.34. The van der Waals surface area contributed by atoms with Gasteiger partial charge in [-0.05, 0) is 6.92 Å². The zero-order chi connectivity index (χ0) is 19.6. The molecule has 0 aliphatic carbocycles. The highest BCUT2D eigenvalue weighted by Crippen LogP contribution is 2.08. The molecule has 0 bridgehead atoms. The molecule has 0 saturated heterocycles. The summed E-state index contributed by atoms with van der Waals surface area (Å²) in [7, 11) is 0. The number of amides is 2. The van der Waals surface area contributed by atoms with Gasteiger partial charge in [0.2, 0.25) is 5.91 Å². The number of rotatable bonds is 8. The second-order valence-electron chi connectivity index (χ2n) is 5.61. The molecular weight excluding hydrogens is 370 g/mol. The Bertz CT molecular complexity index is 819. The predicted octanol–water partition coefficient (Wildman–Crippen LogP) is 1.35. The third-order valence-corrected chi connectivity index (χ3v) is 4.30. The summed E-state index contributed by atoms with van der Waals surface area (Å²) in [5, 5.41) is 2.46. The van der Waals surface area contributed by atoms with Crippen LogP contribution < -0.4 is 10.9 Å². The molecular formula is C18H19N3O5S. The van der Waals surface area contributed by atoms with E-state index >= 15 is 0 Å². The second kappa shape index (κ2) is 10.2. The molecule has 1 aromatic heterocycles. The molecule has 0 atom stereocenters. The maximum absolute atomic E-state index is 11.9. The number of ether oxygens (including phenoxy) is 1. The molecule has 27 heavy (non-hydrogen) atoms. The van der Waals surface area contributed by atoms with E-state index in [-0.39, 0.29) is 25.0 Å². The van der Waals surface area contributed by atoms with Crippen LogP contribution in [0.25, 0.3) is 0 Å². The van der Waals surface area contributed by atoms with Crippen molar-refractivity contribution < 1.29 is 23.9 Å². The van der Waals surface area contributed by atoms with Crippen molar-refractivity contribution in [2.45, 2.75) is 26.2 Å². The molecule has 0 saturated carbocycles. The Morgan fingerprint density at radius 3 is 2.41 bits per heavy atom. The maximum atomic E-state index is 11.9. The molecule has 0 fully saturated rings. The van der Waals surface area contributed by atoms with Gasteiger partial charge in [-0.1, -0.05) is 30.3 Å². The molecule has 2 aromatic rings. The average Bonchev–Trinajstić information content (AvgIpc) is 3.08. The normalized spacial score (nSPS) is 10.1. The van der Waals surface area contributed by atoms with Gasteiger partial charge in [-0.15, -0.1) is 11.3 Å². The first-order valence-corrected chi connectivity index (χ1v) is 9.04. The number of hydrogen-bond acceptors (Lipinski definition) is 7. The van der Waals surface area contributed by atoms with Crippen LogP contribution in [0.3, 0.4) is 0 Å². The Balaban J connectivity index is 1.61. The average molecular weight is 389 g/mol. The molecule has 2 rings (SSSR count). The van der Waals surface area contributed by atoms with Crippen LogP contribution in [0.15, 0.2) is 35.7 Å². The van der Waals surface area contributed by atoms with E-state index in [1.54, 1.807) is 30.3 Å². The summed E-state index contributed by atoms with van der Waals surface area (Å²) in [6.07, 6.45) is -0.0919. The quantitative estimate of drug-likeness (QED) is 0.400. The number of hydrazine groups is 1. The molecule has 1 aromatic carbocycles. The lowest BCUT2D eigenvalue weighted by Gasteiger charge is -2.07. The fourth-order valence-electron chi connectivity index (χ4n) is 2.04. The van der Waals surface area contributed by atoms with E-state index in [1.165, 1.54) is 11.3 Å². The van der Waals surface area contributed by atoms with Crippen molar-refractivity contribution in [1.82, 2.24) is 15.8 Å². The van der Waals surface area contributed by atoms with E-state index in [2.05, 4.69) is 15.8 Å². The van der Waals surface area contributed by atoms with Gasteiger partial charge in [0.25, 0.3) is 5.91 Å². The summed E-state index contributed by atoms with van der Waals surface area (Å²) in [4.78, 5) is 50.9. The van der Waals surface area contributed by atoms with Crippen molar-refractivity contribution in [1.29, 1.82) is 0 Å². The molecule has 2 amide bonds. The standard InChI is InChI=1S/C18H19N3O5S/c1-12-11-27-17(19-12)9-15(23)20-21-16(24)10-26-18(25)8-7-14(22)13-5-3-2-4-6-13/h2-6,11H,7-10H2,1H3,(H,20,23)(H,21,24). The van der Waals surface area contributed by atoms with E-state index in [0.717, 1.165) is 5.69 Å². The first kappa shape index (κ1) is 20.2. The number of benzene rings is 1. The Morgan fingerprint density at radius 2 is 1.74 bits per heavy atom. The summed E-state index contributed by atoms with van der Waals surface area (Å²) in [6, 6.07) is 8.59. The van der Waals surface area contributed by atoms with E-state index in [1.807, 2.05) is 12.3 Å². The van der Waals surface area contributed by atoms with Crippen LogP contribution in [0.1, 0.15) is 33.9 Å². The fraction of sp³-hybridized carbons (Fsp3) is 0.278. The lowest BCUT2D eigenvalue weighted by molar-refractivity contribution is -0.148. The number of aryl methyl sites for hydroxylation is 1. The van der Waals surface area contributed by atoms with Crippen molar-refractivity contribution in [3.05, 3.63) is 52.0 Å². The molecule has 142 valence electrons. The molecule has 0 spiro atoms. The summed E-state index contributed by atoms with van der Waals surface area (Å²) in [6.45, 7) is 1.27. The van der Waals surface area contributed by atoms with Crippen molar-refractivity contribution in [2.24, 2.45) is 0 Å². The van der Waals surface area contributed by atoms with Crippen LogP contribution in [-0.4, -0.2) is 35.2 Å². The zero-order valence-electron chi connectivity index (χ0n) is 14.7. The number of aromatic nitrogens is 1. The molecule has 0 aliphatic rings. The van der Waals surface area contributed by atoms with Crippen LogP contribution in [0.2, 0.25) is 0 Å². The third kappa shape index (κ3) is 7.37. The minimum atomic E-state index is -0.679. The van der Waals surface area contributed by atoms with Gasteiger partial charge < -0.3 is 4.74 Å². The van der Waals surface area contributed by atoms with E-state index in [4.69, 9.17) is 4.74 Å². The van der Waals surface area contributed by atoms with Gasteiger partial charge in [0.1, 0.15) is 5.01 Å². The first-order chi connectivity index (χ1) is 12.9. The number of nitrogens with one attached hydrogen (secondary N) is 2. The number of esters is 1. The van der Waals surface area contributed by atoms with Gasteiger partial charge in [-0.3, -0.25) is 30.0 Å². The molecule has 0 radical (unpaired) electrons. The van der Waals surface area contributed by atoms with Gasteiger partial charge in [0, 0.05) is 23.1 Å². The van der Waals surface area contributed by atoms with E-state index in [9.17, 15) is 19.2 Å². The second-order valence-corrected chi connectivity index (χ2v) is 6.55. The monoisotopic (exact) mass is 389 g/mol. The van der Waals surface area contributed by atoms with Crippen LogP contribution in [0, 0.1) is 6.92 Å². The van der Waals surface area contributed by atoms with Gasteiger partial charge in [0.15, 0.2) is 12.4 Å². The van der Waals surface area contributed by atoms with E-state index < -0.39 is 24.4 Å². The summed E-state index contributed by atoms with van der Waals surface area (Å²) in [5.41, 5.74) is 5.71. The van der Waals surface area contributed by atoms with Crippen molar-refractivity contribution in [3.63, 3.8) is 0 Å². The number of thiazole rings is 1. The number of nitrogens with zero attached hydrogens (tertiary/aromatic N) is 1. The Hall–Kier alpha value is -3.07. The lowest BCUT2D eigenvalue weighted by Crippen LogP contribution is -2.44. The topological polar surface area (TPSA) is 114 Å². The van der Waals surface area contributed by atoms with Crippen LogP contribution in [0.4, 0.5) is 0 Å². The number of carbonyl (C=O) groups is 4. The summed E-state index contributed by atoms with van der Waals surface area (Å²) in [5.74, 6) is -1.96. The number of hydrogen-bond donors (Lipinski definition) is 2. The highest BCUT2D eigenvalue weighted by Gasteiger charge is 2.12. The minimum absolute atomic E-state index is 0.00552. The molecule has 2 N–H and O–H groups in total. The lowest BCUT2D eigenvalue weighted by atomic mass is 10.1. The molecule has 8 nitrogen and oxygen atoms in total. The van der Waals surface area contributed by atoms with Crippen LogP contribution in [0.5, 0.6) is 0 Å². The number of ketones is 1. The Morgan fingerprint density at radius 1 is 1.04 bits per heavy atom. The highest BCUT2D eigenvalue weighted by atomic mass is 32.1. The summed E-state index contributed by atoms with van der Waals surface area (Å²) < 4.78 is 4.78. The van der Waals surface area contributed by atoms with Gasteiger partial charge in [-0.2, -0.15) is 0 Å². The van der Waals surface area contributed by atoms with Crippen LogP contribution in [-0.2, 0) is 25.5 Å². The van der Waals surface area contributed by atoms with Crippen molar-refractivity contribution >= 4 is 34.9 Å². The maximum Gasteiger partial charge on any atom is 0.306 e. The SMILES string of the molecule is Cc1csc(CC(=O)NNC(=O)COC(=O)CCC(=O)c2ccccc2)n1.